The smallest absolute Gasteiger partial charge is 0.408 e. The van der Waals surface area contributed by atoms with Gasteiger partial charge in [-0.25, -0.2) is 14.4 Å². The number of hydrogen-bond donors (Lipinski definition) is 4. The molecule has 1 aromatic heterocycles. The van der Waals surface area contributed by atoms with Gasteiger partial charge in [-0.15, -0.1) is 0 Å². The van der Waals surface area contributed by atoms with E-state index in [9.17, 15) is 39.3 Å². The van der Waals surface area contributed by atoms with Gasteiger partial charge in [0.1, 0.15) is 41.7 Å². The number of aliphatic hydroxyl groups excluding tert-OH is 2. The second-order valence-electron chi connectivity index (χ2n) is 17.3. The van der Waals surface area contributed by atoms with Crippen molar-refractivity contribution in [1.82, 2.24) is 5.32 Å². The third-order valence-electron chi connectivity index (χ3n) is 12.3. The van der Waals surface area contributed by atoms with Crippen molar-refractivity contribution in [2.45, 2.75) is 128 Å². The van der Waals surface area contributed by atoms with E-state index in [0.717, 1.165) is 25.5 Å². The molecule has 316 valence electrons. The number of aliphatic hydroxyl groups is 3. The number of alkyl carbamates (subject to hydrolysis) is 1. The van der Waals surface area contributed by atoms with E-state index in [1.54, 1.807) is 18.2 Å². The van der Waals surface area contributed by atoms with Gasteiger partial charge in [0.05, 0.1) is 42.1 Å². The van der Waals surface area contributed by atoms with Gasteiger partial charge in [0.2, 0.25) is 0 Å². The van der Waals surface area contributed by atoms with Crippen LogP contribution < -0.4 is 5.32 Å². The van der Waals surface area contributed by atoms with Crippen molar-refractivity contribution in [1.29, 1.82) is 0 Å². The van der Waals surface area contributed by atoms with Gasteiger partial charge in [-0.05, 0) is 64.0 Å². The standard InChI is InChI=1S/C41H49F2NO14/c1-20-24(55-34(50)41(42,43)30(23-14-15-53-18-23)44-35(51)58-36(3,4)5)17-40(52)32(56-33(49)22-12-10-9-11-13-22)29-38(8,31(48)28(47)27(20)37(40,6)7)25(46)16-26-39(29,19-54-26)57-21(2)45/h9-15,18,24-26,28-30,32,46-47,52H,16-17,19H2,1-8H3,(H,44,51)/t24-,25-,26+,28+,29-,30-,32-,38+,39-,40+/m0/s1. The van der Waals surface area contributed by atoms with Gasteiger partial charge < -0.3 is 48.7 Å². The molecule has 2 bridgehead atoms. The Morgan fingerprint density at radius 3 is 2.22 bits per heavy atom. The van der Waals surface area contributed by atoms with Gasteiger partial charge in [-0.3, -0.25) is 9.59 Å². The first kappa shape index (κ1) is 42.9. The Kier molecular flexibility index (Phi) is 10.7. The molecule has 58 heavy (non-hydrogen) atoms. The third kappa shape index (κ3) is 6.78. The number of carbonyl (C=O) groups is 5. The quantitative estimate of drug-likeness (QED) is 0.168. The monoisotopic (exact) mass is 817 g/mol. The second kappa shape index (κ2) is 14.5. The van der Waals surface area contributed by atoms with Crippen LogP contribution in [0.1, 0.15) is 90.2 Å². The van der Waals surface area contributed by atoms with Gasteiger partial charge in [0.25, 0.3) is 0 Å². The fourth-order valence-electron chi connectivity index (χ4n) is 9.35. The van der Waals surface area contributed by atoms with Gasteiger partial charge >= 0.3 is 29.9 Å². The highest BCUT2D eigenvalue weighted by Gasteiger charge is 2.78. The highest BCUT2D eigenvalue weighted by molar-refractivity contribution is 5.94. The second-order valence-corrected chi connectivity index (χ2v) is 17.3. The molecule has 1 amide bonds. The van der Waals surface area contributed by atoms with Crippen molar-refractivity contribution >= 4 is 29.8 Å². The van der Waals surface area contributed by atoms with E-state index in [2.05, 4.69) is 0 Å². The average Bonchev–Trinajstić information content (AvgIpc) is 3.66. The fraction of sp³-hybridized carbons (Fsp3) is 0.585. The highest BCUT2D eigenvalue weighted by atomic mass is 19.3. The largest absolute Gasteiger partial charge is 0.472 e. The number of ether oxygens (including phenoxy) is 5. The van der Waals surface area contributed by atoms with E-state index in [1.807, 2.05) is 5.32 Å². The van der Waals surface area contributed by atoms with Crippen LogP contribution in [-0.4, -0.2) is 105 Å². The molecule has 6 rings (SSSR count). The summed E-state index contributed by atoms with van der Waals surface area (Å²) in [6.07, 6.45) is -8.96. The van der Waals surface area contributed by atoms with E-state index in [0.29, 0.717) is 0 Å². The van der Waals surface area contributed by atoms with Crippen molar-refractivity contribution in [2.75, 3.05) is 6.61 Å². The lowest BCUT2D eigenvalue weighted by atomic mass is 9.44. The van der Waals surface area contributed by atoms with Crippen molar-refractivity contribution < 1.29 is 76.2 Å². The Hall–Kier alpha value is -4.71. The van der Waals surface area contributed by atoms with E-state index in [1.165, 1.54) is 60.6 Å². The number of rotatable bonds is 8. The zero-order valence-electron chi connectivity index (χ0n) is 33.4. The molecular weight excluding hydrogens is 768 g/mol. The molecule has 4 N–H and O–H groups in total. The molecule has 10 atom stereocenters. The Morgan fingerprint density at radius 2 is 1.67 bits per heavy atom. The Morgan fingerprint density at radius 1 is 1.02 bits per heavy atom. The predicted molar refractivity (Wildman–Crippen MR) is 195 cm³/mol. The number of ketones is 1. The summed E-state index contributed by atoms with van der Waals surface area (Å²) in [6, 6.07) is 6.29. The summed E-state index contributed by atoms with van der Waals surface area (Å²) in [5.41, 5.74) is -9.99. The number of fused-ring (bicyclic) bond motifs is 5. The zero-order valence-corrected chi connectivity index (χ0v) is 33.4. The Labute approximate surface area is 333 Å². The molecular formula is C41H49F2NO14. The molecule has 2 saturated carbocycles. The maximum Gasteiger partial charge on any atom is 0.408 e. The number of benzene rings is 1. The number of hydrogen-bond acceptors (Lipinski definition) is 14. The van der Waals surface area contributed by atoms with Crippen molar-refractivity contribution in [3.8, 4) is 0 Å². The van der Waals surface area contributed by atoms with Crippen LogP contribution in [0.25, 0.3) is 0 Å². The summed E-state index contributed by atoms with van der Waals surface area (Å²) in [4.78, 5) is 68.3. The first-order valence-corrected chi connectivity index (χ1v) is 18.8. The first-order valence-electron chi connectivity index (χ1n) is 18.8. The van der Waals surface area contributed by atoms with Crippen LogP contribution in [0.4, 0.5) is 13.6 Å². The molecule has 2 aromatic rings. The van der Waals surface area contributed by atoms with Crippen molar-refractivity contribution in [2.24, 2.45) is 16.7 Å². The van der Waals surface area contributed by atoms with E-state index in [4.69, 9.17) is 28.1 Å². The van der Waals surface area contributed by atoms with Crippen LogP contribution in [0.5, 0.6) is 0 Å². The number of halogens is 2. The lowest BCUT2D eigenvalue weighted by molar-refractivity contribution is -0.346. The van der Waals surface area contributed by atoms with Gasteiger partial charge in [-0.2, -0.15) is 8.78 Å². The van der Waals surface area contributed by atoms with Crippen LogP contribution in [0.2, 0.25) is 0 Å². The maximum absolute atomic E-state index is 16.4. The summed E-state index contributed by atoms with van der Waals surface area (Å²) in [5.74, 6) is -11.2. The summed E-state index contributed by atoms with van der Waals surface area (Å²) < 4.78 is 66.4. The van der Waals surface area contributed by atoms with Gasteiger partial charge in [0, 0.05) is 30.7 Å². The van der Waals surface area contributed by atoms with Crippen LogP contribution in [0.15, 0.2) is 64.5 Å². The van der Waals surface area contributed by atoms with Crippen LogP contribution in [-0.2, 0) is 38.1 Å². The van der Waals surface area contributed by atoms with Crippen LogP contribution in [0, 0.1) is 16.7 Å². The summed E-state index contributed by atoms with van der Waals surface area (Å²) in [6.45, 7) is 10.8. The Bertz CT molecular complexity index is 1990. The average molecular weight is 818 g/mol. The number of amides is 1. The minimum Gasteiger partial charge on any atom is -0.472 e. The van der Waals surface area contributed by atoms with E-state index < -0.39 is 112 Å². The molecule has 1 saturated heterocycles. The third-order valence-corrected chi connectivity index (χ3v) is 12.3. The topological polar surface area (TPSA) is 217 Å². The lowest BCUT2D eigenvalue weighted by Crippen LogP contribution is -2.81. The number of alkyl halides is 2. The molecule has 1 aromatic carbocycles. The number of nitrogens with one attached hydrogen (secondary N) is 1. The minimum absolute atomic E-state index is 0.00600. The normalized spacial score (nSPS) is 33.5. The molecule has 3 aliphatic carbocycles. The molecule has 3 fully saturated rings. The molecule has 0 radical (unpaired) electrons. The van der Waals surface area contributed by atoms with Gasteiger partial charge in [-0.1, -0.05) is 32.0 Å². The molecule has 0 unspecified atom stereocenters. The maximum atomic E-state index is 16.4. The molecule has 1 aliphatic heterocycles. The van der Waals surface area contributed by atoms with Crippen LogP contribution in [0.3, 0.4) is 0 Å². The SMILES string of the molecule is CC(=O)O[C@@]12CO[C@@H]1C[C@H](O)[C@@]1(C)C(=O)[C@H](O)C3=C(C)[C@@H](OC(=O)C(F)(F)[C@@H](NC(=O)OC(C)(C)C)c4ccoc4)C[C@@](O)([C@@H](OC(=O)c4ccccc4)[C@H]21)C3(C)C. The highest BCUT2D eigenvalue weighted by Crippen LogP contribution is 2.64. The lowest BCUT2D eigenvalue weighted by Gasteiger charge is -2.67. The van der Waals surface area contributed by atoms with E-state index in [-0.39, 0.29) is 35.3 Å². The van der Waals surface area contributed by atoms with Crippen molar-refractivity contribution in [3.05, 3.63) is 71.2 Å². The minimum atomic E-state index is -4.54. The first-order chi connectivity index (χ1) is 26.8. The van der Waals surface area contributed by atoms with E-state index >= 15 is 8.78 Å². The Balaban J connectivity index is 1.50. The van der Waals surface area contributed by atoms with Gasteiger partial charge in [0.15, 0.2) is 11.4 Å². The molecule has 2 heterocycles. The van der Waals surface area contributed by atoms with Crippen molar-refractivity contribution in [3.63, 3.8) is 0 Å². The molecule has 0 spiro atoms. The number of carbonyl (C=O) groups excluding carboxylic acids is 5. The summed E-state index contributed by atoms with van der Waals surface area (Å²) >= 11 is 0. The predicted octanol–water partition coefficient (Wildman–Crippen LogP) is 4.13. The number of furan rings is 1. The van der Waals surface area contributed by atoms with Crippen LogP contribution >= 0.6 is 0 Å². The summed E-state index contributed by atoms with van der Waals surface area (Å²) in [7, 11) is 0. The number of Topliss-reactive ketones (excluding diaryl/α,β-unsaturated/α-hetero) is 1. The fourth-order valence-corrected chi connectivity index (χ4v) is 9.35. The molecule has 17 heteroatoms. The molecule has 4 aliphatic rings. The molecule has 15 nitrogen and oxygen atoms in total. The zero-order chi connectivity index (χ0) is 43.0. The summed E-state index contributed by atoms with van der Waals surface area (Å²) in [5, 5.41) is 39.2. The number of esters is 3.